The maximum Gasteiger partial charge on any atom is 0.233 e. The molecule has 3 rings (SSSR count). The van der Waals surface area contributed by atoms with Crippen molar-refractivity contribution in [2.75, 3.05) is 0 Å². The molecule has 2 heteroatoms. The highest BCUT2D eigenvalue weighted by molar-refractivity contribution is 6.52. The Labute approximate surface area is 143 Å². The minimum Gasteiger partial charge on any atom is -0.285 e. The van der Waals surface area contributed by atoms with Gasteiger partial charge in [0.1, 0.15) is 0 Å². The molecule has 0 radical (unpaired) electrons. The van der Waals surface area contributed by atoms with Gasteiger partial charge in [-0.05, 0) is 41.3 Å². The van der Waals surface area contributed by atoms with Crippen molar-refractivity contribution in [3.63, 3.8) is 0 Å². The molecule has 124 valence electrons. The number of rotatable bonds is 7. The molecular weight excluding hydrogens is 296 g/mol. The second kappa shape index (κ2) is 7.57. The van der Waals surface area contributed by atoms with Crippen molar-refractivity contribution in [1.29, 1.82) is 0 Å². The fraction of sp³-hybridized carbons (Fsp3) is 0.364. The number of carbonyl (C=O) groups is 2. The normalized spacial score (nSPS) is 14.0. The second-order valence-corrected chi connectivity index (χ2v) is 6.59. The Morgan fingerprint density at radius 2 is 1.54 bits per heavy atom. The summed E-state index contributed by atoms with van der Waals surface area (Å²) >= 11 is 0. The number of hydrogen-bond donors (Lipinski definition) is 0. The lowest BCUT2D eigenvalue weighted by molar-refractivity contribution is -0.112. The smallest absolute Gasteiger partial charge is 0.233 e. The summed E-state index contributed by atoms with van der Waals surface area (Å²) in [5.41, 5.74) is 2.14. The second-order valence-electron chi connectivity index (χ2n) is 6.59. The van der Waals surface area contributed by atoms with Crippen LogP contribution in [0.3, 0.4) is 0 Å². The van der Waals surface area contributed by atoms with E-state index in [4.69, 9.17) is 0 Å². The lowest BCUT2D eigenvalue weighted by atomic mass is 9.85. The van der Waals surface area contributed by atoms with E-state index < -0.39 is 0 Å². The van der Waals surface area contributed by atoms with Crippen LogP contribution in [-0.4, -0.2) is 11.6 Å². The first-order valence-corrected chi connectivity index (χ1v) is 9.03. The summed E-state index contributed by atoms with van der Waals surface area (Å²) in [6.45, 7) is 2.21. The maximum absolute atomic E-state index is 12.5. The molecule has 2 aromatic carbocycles. The Bertz CT molecular complexity index is 799. The molecule has 0 N–H and O–H groups in total. The van der Waals surface area contributed by atoms with Gasteiger partial charge in [-0.3, -0.25) is 9.59 Å². The number of hydrogen-bond acceptors (Lipinski definition) is 2. The molecule has 2 aromatic rings. The first-order valence-electron chi connectivity index (χ1n) is 9.03. The van der Waals surface area contributed by atoms with Gasteiger partial charge in [0.05, 0.1) is 0 Å². The molecule has 0 fully saturated rings. The first-order chi connectivity index (χ1) is 11.7. The van der Waals surface area contributed by atoms with Gasteiger partial charge in [-0.1, -0.05) is 69.4 Å². The van der Waals surface area contributed by atoms with Gasteiger partial charge in [0.15, 0.2) is 0 Å². The van der Waals surface area contributed by atoms with Crippen molar-refractivity contribution in [2.45, 2.75) is 51.9 Å². The van der Waals surface area contributed by atoms with Crippen LogP contribution >= 0.6 is 0 Å². The molecule has 0 heterocycles. The Balaban J connectivity index is 1.81. The van der Waals surface area contributed by atoms with E-state index in [1.807, 2.05) is 36.4 Å². The zero-order chi connectivity index (χ0) is 16.9. The third-order valence-electron chi connectivity index (χ3n) is 4.83. The number of fused-ring (bicyclic) bond motifs is 3. The van der Waals surface area contributed by atoms with E-state index in [1.54, 1.807) is 6.07 Å². The first kappa shape index (κ1) is 16.6. The molecule has 0 spiro atoms. The van der Waals surface area contributed by atoms with Crippen LogP contribution in [0.2, 0.25) is 0 Å². The lowest BCUT2D eigenvalue weighted by Crippen LogP contribution is -2.21. The highest BCUT2D eigenvalue weighted by Gasteiger charge is 2.27. The van der Waals surface area contributed by atoms with E-state index in [1.165, 1.54) is 25.7 Å². The molecule has 0 saturated heterocycles. The number of unbranched alkanes of at least 4 members (excludes halogenated alkanes) is 5. The Morgan fingerprint density at radius 3 is 2.38 bits per heavy atom. The van der Waals surface area contributed by atoms with Crippen molar-refractivity contribution in [3.05, 3.63) is 53.1 Å². The molecule has 0 aromatic heterocycles. The fourth-order valence-corrected chi connectivity index (χ4v) is 3.44. The molecule has 0 saturated carbocycles. The highest BCUT2D eigenvalue weighted by atomic mass is 16.2. The number of allylic oxidation sites excluding steroid dienone is 1. The van der Waals surface area contributed by atoms with Crippen LogP contribution in [0.25, 0.3) is 16.8 Å². The van der Waals surface area contributed by atoms with Crippen LogP contribution < -0.4 is 0 Å². The monoisotopic (exact) mass is 320 g/mol. The summed E-state index contributed by atoms with van der Waals surface area (Å²) < 4.78 is 0. The summed E-state index contributed by atoms with van der Waals surface area (Å²) in [5.74, 6) is -0.662. The summed E-state index contributed by atoms with van der Waals surface area (Å²) in [4.78, 5) is 24.8. The molecule has 0 bridgehead atoms. The Morgan fingerprint density at radius 1 is 0.792 bits per heavy atom. The molecule has 0 unspecified atom stereocenters. The molecule has 0 aliphatic heterocycles. The average molecular weight is 320 g/mol. The van der Waals surface area contributed by atoms with Crippen LogP contribution in [0.4, 0.5) is 0 Å². The topological polar surface area (TPSA) is 34.1 Å². The van der Waals surface area contributed by atoms with Crippen LogP contribution in [-0.2, 0) is 4.79 Å². The zero-order valence-corrected chi connectivity index (χ0v) is 14.3. The van der Waals surface area contributed by atoms with Crippen molar-refractivity contribution >= 4 is 28.4 Å². The Kier molecular flexibility index (Phi) is 5.24. The van der Waals surface area contributed by atoms with Gasteiger partial charge in [0, 0.05) is 11.1 Å². The highest BCUT2D eigenvalue weighted by Crippen LogP contribution is 2.31. The largest absolute Gasteiger partial charge is 0.285 e. The van der Waals surface area contributed by atoms with E-state index >= 15 is 0 Å². The van der Waals surface area contributed by atoms with E-state index in [0.717, 1.165) is 29.2 Å². The van der Waals surface area contributed by atoms with Crippen molar-refractivity contribution in [1.82, 2.24) is 0 Å². The van der Waals surface area contributed by atoms with Gasteiger partial charge in [0.25, 0.3) is 0 Å². The van der Waals surface area contributed by atoms with Crippen LogP contribution in [0, 0.1) is 0 Å². The van der Waals surface area contributed by atoms with Crippen molar-refractivity contribution in [3.8, 4) is 0 Å². The minimum absolute atomic E-state index is 0.314. The summed E-state index contributed by atoms with van der Waals surface area (Å²) in [5, 5.41) is 2.16. The maximum atomic E-state index is 12.5. The molecule has 2 nitrogen and oxygen atoms in total. The number of Topliss-reactive ketones (excluding diaryl/α,β-unsaturated/α-hetero) is 2. The van der Waals surface area contributed by atoms with E-state index in [9.17, 15) is 9.59 Å². The molecule has 1 aliphatic carbocycles. The number of carbonyl (C=O) groups excluding carboxylic acids is 2. The van der Waals surface area contributed by atoms with Crippen LogP contribution in [0.15, 0.2) is 42.0 Å². The quantitative estimate of drug-likeness (QED) is 0.481. The number of ketones is 2. The van der Waals surface area contributed by atoms with E-state index in [-0.39, 0.29) is 11.6 Å². The minimum atomic E-state index is -0.348. The van der Waals surface area contributed by atoms with Gasteiger partial charge in [-0.25, -0.2) is 0 Å². The van der Waals surface area contributed by atoms with Crippen LogP contribution in [0.1, 0.15) is 67.8 Å². The van der Waals surface area contributed by atoms with Crippen molar-refractivity contribution in [2.24, 2.45) is 0 Å². The lowest BCUT2D eigenvalue weighted by Gasteiger charge is -2.16. The van der Waals surface area contributed by atoms with Gasteiger partial charge >= 0.3 is 0 Å². The standard InChI is InChI=1S/C22H24O2/c1-2-3-4-5-6-7-11-17-15-20-18-12-9-8-10-16(18)13-14-19(20)22(24)21(17)23/h8-10,12-15H,2-7,11H2,1H3. The number of benzene rings is 2. The molecular formula is C22H24O2. The molecule has 0 atom stereocenters. The third kappa shape index (κ3) is 3.33. The van der Waals surface area contributed by atoms with Crippen LogP contribution in [0.5, 0.6) is 0 Å². The predicted octanol–water partition coefficient (Wildman–Crippen LogP) is 5.74. The summed E-state index contributed by atoms with van der Waals surface area (Å²) in [7, 11) is 0. The molecule has 0 amide bonds. The average Bonchev–Trinajstić information content (AvgIpc) is 2.61. The molecule has 1 aliphatic rings. The summed E-state index contributed by atoms with van der Waals surface area (Å²) in [6.07, 6.45) is 9.75. The van der Waals surface area contributed by atoms with Crippen molar-refractivity contribution < 1.29 is 9.59 Å². The van der Waals surface area contributed by atoms with Gasteiger partial charge in [-0.2, -0.15) is 0 Å². The van der Waals surface area contributed by atoms with E-state index in [2.05, 4.69) is 6.92 Å². The SMILES string of the molecule is CCCCCCCCC1=Cc2c(ccc3ccccc23)C(=O)C1=O. The summed E-state index contributed by atoms with van der Waals surface area (Å²) in [6, 6.07) is 11.7. The Hall–Kier alpha value is -2.22. The molecule has 24 heavy (non-hydrogen) atoms. The van der Waals surface area contributed by atoms with Gasteiger partial charge < -0.3 is 0 Å². The van der Waals surface area contributed by atoms with E-state index in [0.29, 0.717) is 17.6 Å². The zero-order valence-electron chi connectivity index (χ0n) is 14.3. The fourth-order valence-electron chi connectivity index (χ4n) is 3.44. The van der Waals surface area contributed by atoms with Gasteiger partial charge in [0.2, 0.25) is 11.6 Å². The van der Waals surface area contributed by atoms with Gasteiger partial charge in [-0.15, -0.1) is 0 Å². The predicted molar refractivity (Wildman–Crippen MR) is 99.3 cm³/mol. The third-order valence-corrected chi connectivity index (χ3v) is 4.83.